The molecule has 13 heavy (non-hydrogen) atoms. The predicted octanol–water partition coefficient (Wildman–Crippen LogP) is 2.01. The molecule has 2 aliphatic rings. The van der Waals surface area contributed by atoms with E-state index in [2.05, 4.69) is 11.5 Å². The molecule has 0 aromatic rings. The third kappa shape index (κ3) is 1.44. The van der Waals surface area contributed by atoms with Gasteiger partial charge in [-0.25, -0.2) is 0 Å². The monoisotopic (exact) mass is 181 g/mol. The molecule has 0 radical (unpaired) electrons. The van der Waals surface area contributed by atoms with Crippen molar-refractivity contribution in [3.63, 3.8) is 0 Å². The van der Waals surface area contributed by atoms with Crippen molar-refractivity contribution in [3.05, 3.63) is 12.2 Å². The zero-order chi connectivity index (χ0) is 10.1. The maximum atomic E-state index is 11.3. The average molecular weight is 181 g/mol. The number of Topliss-reactive ketones (excluding diaryl/α,β-unsaturated/α-hetero) is 1. The molecule has 0 aliphatic carbocycles. The summed E-state index contributed by atoms with van der Waals surface area (Å²) in [6.45, 7) is 11.7. The van der Waals surface area contributed by atoms with Crippen LogP contribution in [0.2, 0.25) is 0 Å². The Morgan fingerprint density at radius 1 is 1.54 bits per heavy atom. The van der Waals surface area contributed by atoms with Crippen LogP contribution in [-0.4, -0.2) is 29.3 Å². The molecule has 2 aliphatic heterocycles. The smallest absolute Gasteiger partial charge is 0.150 e. The molecule has 74 valence electrons. The van der Waals surface area contributed by atoms with E-state index in [0.29, 0.717) is 5.78 Å². The van der Waals surface area contributed by atoms with Crippen LogP contribution in [0.15, 0.2) is 12.2 Å². The van der Waals surface area contributed by atoms with E-state index in [9.17, 15) is 4.79 Å². The maximum Gasteiger partial charge on any atom is 0.150 e. The lowest BCUT2D eigenvalue weighted by atomic mass is 9.81. The van der Waals surface area contributed by atoms with E-state index >= 15 is 0 Å². The largest absolute Gasteiger partial charge is 0.298 e. The van der Waals surface area contributed by atoms with E-state index in [1.165, 1.54) is 5.57 Å². The Labute approximate surface area is 80.6 Å². The van der Waals surface area contributed by atoms with Crippen molar-refractivity contribution in [2.24, 2.45) is 0 Å². The first kappa shape index (κ1) is 10.5. The van der Waals surface area contributed by atoms with Gasteiger partial charge in [0.15, 0.2) is 0 Å². The van der Waals surface area contributed by atoms with Crippen LogP contribution in [0.5, 0.6) is 0 Å². The van der Waals surface area contributed by atoms with Crippen LogP contribution in [0.4, 0.5) is 0 Å². The summed E-state index contributed by atoms with van der Waals surface area (Å²) in [5, 5.41) is 0. The SMILES string of the molecule is C=C1CN2CCC2(C(C)=O)C1.CC. The number of rotatable bonds is 1. The normalized spacial score (nSPS) is 31.5. The molecule has 1 atom stereocenters. The molecule has 0 aromatic heterocycles. The molecular formula is C11H19NO. The van der Waals surface area contributed by atoms with Crippen molar-refractivity contribution in [1.82, 2.24) is 4.90 Å². The lowest BCUT2D eigenvalue weighted by Gasteiger charge is -2.45. The van der Waals surface area contributed by atoms with Crippen molar-refractivity contribution in [1.29, 1.82) is 0 Å². The molecule has 2 nitrogen and oxygen atoms in total. The molecule has 2 heteroatoms. The Hall–Kier alpha value is -0.630. The molecule has 2 rings (SSSR count). The van der Waals surface area contributed by atoms with Gasteiger partial charge in [0, 0.05) is 13.1 Å². The Morgan fingerprint density at radius 2 is 2.15 bits per heavy atom. The number of nitrogens with zero attached hydrogens (tertiary/aromatic N) is 1. The summed E-state index contributed by atoms with van der Waals surface area (Å²) < 4.78 is 0. The molecule has 0 saturated carbocycles. The van der Waals surface area contributed by atoms with Gasteiger partial charge in [0.2, 0.25) is 0 Å². The van der Waals surface area contributed by atoms with Crippen LogP contribution < -0.4 is 0 Å². The lowest BCUT2D eigenvalue weighted by Crippen LogP contribution is -2.59. The highest BCUT2D eigenvalue weighted by atomic mass is 16.1. The minimum atomic E-state index is -0.100. The van der Waals surface area contributed by atoms with Crippen LogP contribution in [-0.2, 0) is 4.79 Å². The zero-order valence-electron chi connectivity index (χ0n) is 8.89. The topological polar surface area (TPSA) is 20.3 Å². The summed E-state index contributed by atoms with van der Waals surface area (Å²) in [5.41, 5.74) is 1.12. The first-order chi connectivity index (χ1) is 6.15. The molecule has 0 aromatic carbocycles. The number of hydrogen-bond acceptors (Lipinski definition) is 2. The van der Waals surface area contributed by atoms with Gasteiger partial charge >= 0.3 is 0 Å². The number of ketones is 1. The highest BCUT2D eigenvalue weighted by molar-refractivity contribution is 5.88. The van der Waals surface area contributed by atoms with Crippen LogP contribution >= 0.6 is 0 Å². The molecule has 0 spiro atoms. The van der Waals surface area contributed by atoms with Crippen LogP contribution in [0.25, 0.3) is 0 Å². The number of carbonyl (C=O) groups excluding carboxylic acids is 1. The Balaban J connectivity index is 0.000000396. The zero-order valence-corrected chi connectivity index (χ0v) is 8.89. The molecule has 2 fully saturated rings. The van der Waals surface area contributed by atoms with E-state index in [-0.39, 0.29) is 5.54 Å². The van der Waals surface area contributed by atoms with Crippen molar-refractivity contribution in [3.8, 4) is 0 Å². The van der Waals surface area contributed by atoms with E-state index in [4.69, 9.17) is 0 Å². The van der Waals surface area contributed by atoms with Gasteiger partial charge in [-0.3, -0.25) is 9.69 Å². The lowest BCUT2D eigenvalue weighted by molar-refractivity contribution is -0.134. The molecule has 1 unspecified atom stereocenters. The van der Waals surface area contributed by atoms with Gasteiger partial charge in [0.1, 0.15) is 5.78 Å². The predicted molar refractivity (Wildman–Crippen MR) is 54.7 cm³/mol. The molecule has 2 saturated heterocycles. The molecule has 2 heterocycles. The van der Waals surface area contributed by atoms with E-state index in [1.54, 1.807) is 6.92 Å². The summed E-state index contributed by atoms with van der Waals surface area (Å²) >= 11 is 0. The summed E-state index contributed by atoms with van der Waals surface area (Å²) in [4.78, 5) is 13.5. The highest BCUT2D eigenvalue weighted by Crippen LogP contribution is 2.42. The number of carbonyl (C=O) groups is 1. The quantitative estimate of drug-likeness (QED) is 0.577. The minimum absolute atomic E-state index is 0.100. The van der Waals surface area contributed by atoms with Gasteiger partial charge in [-0.2, -0.15) is 0 Å². The van der Waals surface area contributed by atoms with Gasteiger partial charge in [0.25, 0.3) is 0 Å². The van der Waals surface area contributed by atoms with Crippen molar-refractivity contribution in [2.75, 3.05) is 13.1 Å². The second kappa shape index (κ2) is 3.62. The van der Waals surface area contributed by atoms with Gasteiger partial charge in [-0.1, -0.05) is 26.0 Å². The van der Waals surface area contributed by atoms with E-state index < -0.39 is 0 Å². The first-order valence-corrected chi connectivity index (χ1v) is 5.08. The van der Waals surface area contributed by atoms with Gasteiger partial charge in [-0.05, 0) is 19.8 Å². The Kier molecular flexibility index (Phi) is 2.91. The van der Waals surface area contributed by atoms with E-state index in [0.717, 1.165) is 25.9 Å². The molecule has 0 amide bonds. The maximum absolute atomic E-state index is 11.3. The molecule has 0 bridgehead atoms. The number of hydrogen-bond donors (Lipinski definition) is 0. The number of fused-ring (bicyclic) bond motifs is 1. The van der Waals surface area contributed by atoms with Crippen LogP contribution in [0.3, 0.4) is 0 Å². The Bertz CT molecular complexity index is 234. The van der Waals surface area contributed by atoms with Gasteiger partial charge < -0.3 is 0 Å². The highest BCUT2D eigenvalue weighted by Gasteiger charge is 2.52. The fourth-order valence-corrected chi connectivity index (χ4v) is 2.23. The summed E-state index contributed by atoms with van der Waals surface area (Å²) in [7, 11) is 0. The fraction of sp³-hybridized carbons (Fsp3) is 0.727. The van der Waals surface area contributed by atoms with Crippen LogP contribution in [0.1, 0.15) is 33.6 Å². The second-order valence-corrected chi connectivity index (χ2v) is 3.69. The molecular weight excluding hydrogens is 162 g/mol. The van der Waals surface area contributed by atoms with E-state index in [1.807, 2.05) is 13.8 Å². The van der Waals surface area contributed by atoms with Crippen molar-refractivity contribution < 1.29 is 4.79 Å². The van der Waals surface area contributed by atoms with Crippen molar-refractivity contribution >= 4 is 5.78 Å². The summed E-state index contributed by atoms with van der Waals surface area (Å²) in [5.74, 6) is 0.322. The Morgan fingerprint density at radius 3 is 2.38 bits per heavy atom. The summed E-state index contributed by atoms with van der Waals surface area (Å²) in [6, 6.07) is 0. The standard InChI is InChI=1S/C9H13NO.C2H6/c1-7-5-9(8(2)11)3-4-10(9)6-7;1-2/h1,3-6H2,2H3;1-2H3. The molecule has 0 N–H and O–H groups in total. The average Bonchev–Trinajstić information content (AvgIpc) is 2.31. The van der Waals surface area contributed by atoms with Crippen LogP contribution in [0, 0.1) is 0 Å². The third-order valence-corrected chi connectivity index (χ3v) is 3.01. The second-order valence-electron chi connectivity index (χ2n) is 3.69. The fourth-order valence-electron chi connectivity index (χ4n) is 2.23. The minimum Gasteiger partial charge on any atom is -0.298 e. The van der Waals surface area contributed by atoms with Crippen molar-refractivity contribution in [2.45, 2.75) is 39.2 Å². The third-order valence-electron chi connectivity index (χ3n) is 3.01. The first-order valence-electron chi connectivity index (χ1n) is 5.08. The van der Waals surface area contributed by atoms with Gasteiger partial charge in [0.05, 0.1) is 5.54 Å². The summed E-state index contributed by atoms with van der Waals surface area (Å²) in [6.07, 6.45) is 1.95. The van der Waals surface area contributed by atoms with Gasteiger partial charge in [-0.15, -0.1) is 0 Å².